The molecule has 1 aromatic rings. The van der Waals surface area contributed by atoms with E-state index in [1.54, 1.807) is 0 Å². The van der Waals surface area contributed by atoms with Gasteiger partial charge in [0, 0.05) is 11.2 Å². The average Bonchev–Trinajstić information content (AvgIpc) is 2.40. The molecule has 0 spiro atoms. The zero-order chi connectivity index (χ0) is 14.1. The summed E-state index contributed by atoms with van der Waals surface area (Å²) in [5.74, 6) is 0.554. The molecule has 108 valence electrons. The molecule has 3 nitrogen and oxygen atoms in total. The Labute approximate surface area is 125 Å². The molecule has 0 aromatic heterocycles. The van der Waals surface area contributed by atoms with E-state index < -0.39 is 0 Å². The van der Waals surface area contributed by atoms with Gasteiger partial charge in [-0.15, -0.1) is 0 Å². The van der Waals surface area contributed by atoms with Crippen LogP contribution in [0.3, 0.4) is 0 Å². The number of halogens is 1. The molecule has 0 atom stereocenters. The molecule has 0 bridgehead atoms. The van der Waals surface area contributed by atoms with Crippen molar-refractivity contribution in [1.29, 1.82) is 5.41 Å². The van der Waals surface area contributed by atoms with E-state index in [0.29, 0.717) is 12.0 Å². The third-order valence-electron chi connectivity index (χ3n) is 4.65. The van der Waals surface area contributed by atoms with Crippen molar-refractivity contribution in [2.45, 2.75) is 31.7 Å². The molecule has 2 aliphatic rings. The standard InChI is InChI=1S/C16H21ClN2O/c1-11-6-15(16(17)7-13(11)8-18)12-2-4-19(5-3-12)14-9-20-10-14/h6-8,12,14,18H,2-5,9-10H2,1H3. The minimum atomic E-state index is 0.554. The summed E-state index contributed by atoms with van der Waals surface area (Å²) in [6.45, 7) is 6.14. The second kappa shape index (κ2) is 5.84. The molecule has 0 radical (unpaired) electrons. The zero-order valence-corrected chi connectivity index (χ0v) is 12.6. The maximum atomic E-state index is 7.40. The lowest BCUT2D eigenvalue weighted by Crippen LogP contribution is -2.51. The SMILES string of the molecule is Cc1cc(C2CCN(C3COC3)CC2)c(Cl)cc1C=N. The third kappa shape index (κ3) is 2.62. The van der Waals surface area contributed by atoms with Crippen LogP contribution in [-0.2, 0) is 4.74 Å². The number of likely N-dealkylation sites (tertiary alicyclic amines) is 1. The van der Waals surface area contributed by atoms with E-state index in [-0.39, 0.29) is 0 Å². The van der Waals surface area contributed by atoms with Crippen molar-refractivity contribution in [3.05, 3.63) is 33.8 Å². The van der Waals surface area contributed by atoms with E-state index in [1.807, 2.05) is 6.07 Å². The monoisotopic (exact) mass is 292 g/mol. The molecule has 2 heterocycles. The molecule has 1 aromatic carbocycles. The Bertz CT molecular complexity index is 505. The van der Waals surface area contributed by atoms with E-state index >= 15 is 0 Å². The first kappa shape index (κ1) is 14.1. The minimum absolute atomic E-state index is 0.554. The number of hydrogen-bond acceptors (Lipinski definition) is 3. The topological polar surface area (TPSA) is 36.3 Å². The van der Waals surface area contributed by atoms with Crippen LogP contribution >= 0.6 is 11.6 Å². The van der Waals surface area contributed by atoms with Crippen molar-refractivity contribution < 1.29 is 4.74 Å². The molecule has 2 aliphatic heterocycles. The van der Waals surface area contributed by atoms with Gasteiger partial charge >= 0.3 is 0 Å². The van der Waals surface area contributed by atoms with Crippen LogP contribution in [0.25, 0.3) is 0 Å². The molecule has 0 unspecified atom stereocenters. The largest absolute Gasteiger partial charge is 0.378 e. The van der Waals surface area contributed by atoms with Crippen LogP contribution in [0.15, 0.2) is 12.1 Å². The summed E-state index contributed by atoms with van der Waals surface area (Å²) in [5, 5.41) is 8.21. The first-order valence-corrected chi connectivity index (χ1v) is 7.69. The summed E-state index contributed by atoms with van der Waals surface area (Å²) in [7, 11) is 0. The molecule has 0 saturated carbocycles. The van der Waals surface area contributed by atoms with Gasteiger partial charge in [0.05, 0.1) is 19.3 Å². The van der Waals surface area contributed by atoms with Crippen LogP contribution < -0.4 is 0 Å². The number of piperidine rings is 1. The number of nitrogens with zero attached hydrogens (tertiary/aromatic N) is 1. The fourth-order valence-electron chi connectivity index (χ4n) is 3.20. The predicted octanol–water partition coefficient (Wildman–Crippen LogP) is 3.22. The second-order valence-corrected chi connectivity index (χ2v) is 6.28. The number of aryl methyl sites for hydroxylation is 1. The number of nitrogens with one attached hydrogen (secondary N) is 1. The van der Waals surface area contributed by atoms with Gasteiger partial charge in [0.15, 0.2) is 0 Å². The highest BCUT2D eigenvalue weighted by Gasteiger charge is 2.30. The van der Waals surface area contributed by atoms with Gasteiger partial charge in [-0.3, -0.25) is 4.90 Å². The summed E-state index contributed by atoms with van der Waals surface area (Å²) in [6, 6.07) is 4.76. The number of rotatable bonds is 3. The number of benzene rings is 1. The molecule has 2 saturated heterocycles. The average molecular weight is 293 g/mol. The lowest BCUT2D eigenvalue weighted by atomic mass is 9.87. The fourth-order valence-corrected chi connectivity index (χ4v) is 3.52. The Morgan fingerprint density at radius 1 is 1.30 bits per heavy atom. The van der Waals surface area contributed by atoms with Gasteiger partial charge in [-0.05, 0) is 61.5 Å². The minimum Gasteiger partial charge on any atom is -0.378 e. The Hall–Kier alpha value is -0.900. The highest BCUT2D eigenvalue weighted by molar-refractivity contribution is 6.31. The van der Waals surface area contributed by atoms with Crippen molar-refractivity contribution in [2.24, 2.45) is 0 Å². The van der Waals surface area contributed by atoms with Crippen LogP contribution in [0.4, 0.5) is 0 Å². The fraction of sp³-hybridized carbons (Fsp3) is 0.562. The Morgan fingerprint density at radius 3 is 2.55 bits per heavy atom. The summed E-state index contributed by atoms with van der Waals surface area (Å²) in [4.78, 5) is 2.55. The molecular formula is C16H21ClN2O. The van der Waals surface area contributed by atoms with Gasteiger partial charge < -0.3 is 10.1 Å². The van der Waals surface area contributed by atoms with Gasteiger partial charge in [0.25, 0.3) is 0 Å². The zero-order valence-electron chi connectivity index (χ0n) is 11.9. The van der Waals surface area contributed by atoms with E-state index in [2.05, 4.69) is 17.9 Å². The van der Waals surface area contributed by atoms with Gasteiger partial charge in [-0.2, -0.15) is 0 Å². The molecular weight excluding hydrogens is 272 g/mol. The number of hydrogen-bond donors (Lipinski definition) is 1. The molecule has 0 amide bonds. The Morgan fingerprint density at radius 2 is 2.00 bits per heavy atom. The Balaban J connectivity index is 1.71. The smallest absolute Gasteiger partial charge is 0.0645 e. The van der Waals surface area contributed by atoms with Gasteiger partial charge in [0.1, 0.15) is 0 Å². The third-order valence-corrected chi connectivity index (χ3v) is 4.97. The maximum absolute atomic E-state index is 7.40. The van der Waals surface area contributed by atoms with Crippen molar-refractivity contribution in [3.63, 3.8) is 0 Å². The van der Waals surface area contributed by atoms with Crippen molar-refractivity contribution in [1.82, 2.24) is 4.90 Å². The van der Waals surface area contributed by atoms with Gasteiger partial charge in [-0.25, -0.2) is 0 Å². The first-order valence-electron chi connectivity index (χ1n) is 7.31. The van der Waals surface area contributed by atoms with E-state index in [4.69, 9.17) is 21.7 Å². The van der Waals surface area contributed by atoms with Gasteiger partial charge in [0.2, 0.25) is 0 Å². The van der Waals surface area contributed by atoms with Crippen molar-refractivity contribution in [3.8, 4) is 0 Å². The summed E-state index contributed by atoms with van der Waals surface area (Å²) < 4.78 is 5.28. The maximum Gasteiger partial charge on any atom is 0.0645 e. The summed E-state index contributed by atoms with van der Waals surface area (Å²) in [5.41, 5.74) is 3.33. The number of ether oxygens (including phenoxy) is 1. The van der Waals surface area contributed by atoms with E-state index in [0.717, 1.165) is 42.5 Å². The van der Waals surface area contributed by atoms with Crippen molar-refractivity contribution >= 4 is 17.8 Å². The van der Waals surface area contributed by atoms with Crippen LogP contribution in [0.2, 0.25) is 5.02 Å². The van der Waals surface area contributed by atoms with Crippen molar-refractivity contribution in [2.75, 3.05) is 26.3 Å². The first-order chi connectivity index (χ1) is 9.69. The Kier molecular flexibility index (Phi) is 4.11. The van der Waals surface area contributed by atoms with Gasteiger partial charge in [-0.1, -0.05) is 17.7 Å². The lowest BCUT2D eigenvalue weighted by Gasteiger charge is -2.41. The molecule has 0 aliphatic carbocycles. The second-order valence-electron chi connectivity index (χ2n) is 5.88. The van der Waals surface area contributed by atoms with Crippen LogP contribution in [0.1, 0.15) is 35.4 Å². The molecule has 2 fully saturated rings. The van der Waals surface area contributed by atoms with Crippen LogP contribution in [-0.4, -0.2) is 43.5 Å². The molecule has 3 rings (SSSR count). The lowest BCUT2D eigenvalue weighted by molar-refractivity contribution is -0.0712. The molecule has 4 heteroatoms. The van der Waals surface area contributed by atoms with E-state index in [1.165, 1.54) is 24.6 Å². The molecule has 20 heavy (non-hydrogen) atoms. The van der Waals surface area contributed by atoms with Crippen LogP contribution in [0, 0.1) is 12.3 Å². The summed E-state index contributed by atoms with van der Waals surface area (Å²) in [6.07, 6.45) is 3.71. The highest BCUT2D eigenvalue weighted by atomic mass is 35.5. The summed E-state index contributed by atoms with van der Waals surface area (Å²) >= 11 is 6.41. The highest BCUT2D eigenvalue weighted by Crippen LogP contribution is 2.35. The van der Waals surface area contributed by atoms with E-state index in [9.17, 15) is 0 Å². The van der Waals surface area contributed by atoms with Crippen LogP contribution in [0.5, 0.6) is 0 Å². The predicted molar refractivity (Wildman–Crippen MR) is 82.2 cm³/mol. The normalized spacial score (nSPS) is 21.7. The quantitative estimate of drug-likeness (QED) is 0.869. The molecule has 1 N–H and O–H groups in total.